The molecule has 2 saturated carbocycles. The fourth-order valence-corrected chi connectivity index (χ4v) is 7.43. The van der Waals surface area contributed by atoms with Gasteiger partial charge in [-0.15, -0.1) is 0 Å². The van der Waals surface area contributed by atoms with Crippen LogP contribution in [0, 0.1) is 29.6 Å². The van der Waals surface area contributed by atoms with E-state index in [2.05, 4.69) is 40.8 Å². The maximum Gasteiger partial charge on any atom is 0.242 e. The van der Waals surface area contributed by atoms with Gasteiger partial charge in [-0.05, 0) is 104 Å². The molecule has 2 aromatic rings. The minimum Gasteiger partial charge on any atom is -0.383 e. The Morgan fingerprint density at radius 3 is 2.62 bits per heavy atom. The predicted octanol–water partition coefficient (Wildman–Crippen LogP) is 4.87. The van der Waals surface area contributed by atoms with E-state index in [4.69, 9.17) is 5.73 Å². The minimum atomic E-state index is -0.283. The highest BCUT2D eigenvalue weighted by atomic mass is 16.2. The Morgan fingerprint density at radius 2 is 1.81 bits per heavy atom. The molecule has 3 heterocycles. The highest BCUT2D eigenvalue weighted by Gasteiger charge is 2.39. The minimum absolute atomic E-state index is 0.0930. The molecule has 1 aromatic carbocycles. The van der Waals surface area contributed by atoms with Gasteiger partial charge >= 0.3 is 0 Å². The van der Waals surface area contributed by atoms with E-state index in [9.17, 15) is 9.59 Å². The zero-order chi connectivity index (χ0) is 25.9. The summed E-state index contributed by atoms with van der Waals surface area (Å²) in [6.45, 7) is 5.34. The van der Waals surface area contributed by atoms with Gasteiger partial charge in [0.1, 0.15) is 11.9 Å². The first kappa shape index (κ1) is 25.8. The lowest BCUT2D eigenvalue weighted by atomic mass is 9.65. The van der Waals surface area contributed by atoms with Crippen molar-refractivity contribution in [1.29, 1.82) is 0 Å². The molecule has 37 heavy (non-hydrogen) atoms. The standard InChI is InChI=1S/C30H43N5O2/c1-18-13-22-14-19(2)25(18)7-4-8-27(36)34-23-6-3-5-20(15-23)17-33-30(37)28(22)35-24-9-10-26-21(16-24)11-12-32-29(26)31/h9-12,16,18-20,22-23,25,28,35H,3-8,13-15,17H2,1-2H3,(H2,31,32)(H,33,37)(H,34,36)/t18-,19-,20-,22?,23-,25?,28-/m1/s1. The SMILES string of the molecule is C[C@@H]1CC2C[C@@H](C)C1CCCC(=O)N[C@@H]1CCC[C@@H](CNC(=O)[C@@H]2Nc2ccc3c(N)nccc3c2)C1. The van der Waals surface area contributed by atoms with Gasteiger partial charge in [-0.2, -0.15) is 0 Å². The van der Waals surface area contributed by atoms with Crippen LogP contribution < -0.4 is 21.7 Å². The number of nitrogen functional groups attached to an aromatic ring is 1. The average molecular weight is 506 g/mol. The van der Waals surface area contributed by atoms with E-state index in [0.717, 1.165) is 67.8 Å². The second kappa shape index (κ2) is 11.3. The van der Waals surface area contributed by atoms with E-state index >= 15 is 0 Å². The van der Waals surface area contributed by atoms with Crippen molar-refractivity contribution in [3.8, 4) is 0 Å². The average Bonchev–Trinajstić information content (AvgIpc) is 2.87. The number of rotatable bonds is 2. The van der Waals surface area contributed by atoms with Crippen LogP contribution in [0.3, 0.4) is 0 Å². The lowest BCUT2D eigenvalue weighted by molar-refractivity contribution is -0.125. The molecule has 4 bridgehead atoms. The molecular weight excluding hydrogens is 462 g/mol. The molecule has 2 aliphatic carbocycles. The third-order valence-electron chi connectivity index (χ3n) is 9.34. The summed E-state index contributed by atoms with van der Waals surface area (Å²) in [5.74, 6) is 3.11. The van der Waals surface area contributed by atoms with Gasteiger partial charge in [0.05, 0.1) is 0 Å². The van der Waals surface area contributed by atoms with Crippen molar-refractivity contribution in [2.75, 3.05) is 17.6 Å². The highest BCUT2D eigenvalue weighted by Crippen LogP contribution is 2.42. The molecule has 1 aromatic heterocycles. The number of nitrogens with two attached hydrogens (primary N) is 1. The van der Waals surface area contributed by atoms with Crippen LogP contribution in [0.2, 0.25) is 0 Å². The number of anilines is 2. The van der Waals surface area contributed by atoms with Gasteiger partial charge < -0.3 is 21.7 Å². The molecule has 4 fully saturated rings. The van der Waals surface area contributed by atoms with Gasteiger partial charge in [-0.25, -0.2) is 4.98 Å². The molecule has 200 valence electrons. The monoisotopic (exact) mass is 505 g/mol. The molecule has 2 saturated heterocycles. The van der Waals surface area contributed by atoms with E-state index in [1.54, 1.807) is 6.20 Å². The Bertz CT molecular complexity index is 1110. The summed E-state index contributed by atoms with van der Waals surface area (Å²) in [5.41, 5.74) is 7.00. The number of amides is 2. The summed E-state index contributed by atoms with van der Waals surface area (Å²) in [6, 6.07) is 8.00. The van der Waals surface area contributed by atoms with Crippen LogP contribution in [0.5, 0.6) is 0 Å². The largest absolute Gasteiger partial charge is 0.383 e. The Morgan fingerprint density at radius 1 is 1.00 bits per heavy atom. The van der Waals surface area contributed by atoms with Gasteiger partial charge in [-0.1, -0.05) is 20.3 Å². The summed E-state index contributed by atoms with van der Waals surface area (Å²) >= 11 is 0. The van der Waals surface area contributed by atoms with Crippen LogP contribution in [-0.2, 0) is 9.59 Å². The van der Waals surface area contributed by atoms with Crippen molar-refractivity contribution in [2.45, 2.75) is 83.7 Å². The first-order valence-electron chi connectivity index (χ1n) is 14.3. The molecule has 5 N–H and O–H groups in total. The van der Waals surface area contributed by atoms with Crippen LogP contribution in [-0.4, -0.2) is 35.4 Å². The molecule has 2 amide bonds. The lowest BCUT2D eigenvalue weighted by Gasteiger charge is -2.42. The number of hydrogen-bond donors (Lipinski definition) is 4. The van der Waals surface area contributed by atoms with E-state index < -0.39 is 0 Å². The zero-order valence-electron chi connectivity index (χ0n) is 22.3. The number of nitrogens with one attached hydrogen (secondary N) is 3. The van der Waals surface area contributed by atoms with Crippen molar-refractivity contribution in [3.05, 3.63) is 30.5 Å². The maximum absolute atomic E-state index is 13.8. The first-order chi connectivity index (χ1) is 17.9. The molecule has 6 rings (SSSR count). The maximum atomic E-state index is 13.8. The predicted molar refractivity (Wildman–Crippen MR) is 149 cm³/mol. The third-order valence-corrected chi connectivity index (χ3v) is 9.34. The molecular formula is C30H43N5O2. The van der Waals surface area contributed by atoms with E-state index in [-0.39, 0.29) is 29.8 Å². The number of fused-ring (bicyclic) bond motifs is 10. The van der Waals surface area contributed by atoms with Gasteiger partial charge in [0, 0.05) is 36.3 Å². The van der Waals surface area contributed by atoms with Crippen molar-refractivity contribution >= 4 is 34.1 Å². The van der Waals surface area contributed by atoms with Crippen LogP contribution in [0.25, 0.3) is 10.8 Å². The van der Waals surface area contributed by atoms with Crippen molar-refractivity contribution < 1.29 is 9.59 Å². The van der Waals surface area contributed by atoms with Gasteiger partial charge in [0.15, 0.2) is 0 Å². The third kappa shape index (κ3) is 6.02. The second-order valence-electron chi connectivity index (χ2n) is 12.0. The number of carbonyl (C=O) groups excluding carboxylic acids is 2. The highest BCUT2D eigenvalue weighted by molar-refractivity contribution is 5.93. The van der Waals surface area contributed by atoms with Crippen LogP contribution in [0.15, 0.2) is 30.5 Å². The summed E-state index contributed by atoms with van der Waals surface area (Å²) in [6.07, 6.45) is 10.6. The number of benzene rings is 1. The van der Waals surface area contributed by atoms with E-state index in [1.807, 2.05) is 18.2 Å². The first-order valence-corrected chi connectivity index (χ1v) is 14.3. The fourth-order valence-electron chi connectivity index (χ4n) is 7.43. The molecule has 0 spiro atoms. The fraction of sp³-hybridized carbons (Fsp3) is 0.633. The lowest BCUT2D eigenvalue weighted by Crippen LogP contribution is -2.49. The van der Waals surface area contributed by atoms with Crippen LogP contribution in [0.4, 0.5) is 11.5 Å². The molecule has 7 nitrogen and oxygen atoms in total. The number of nitrogens with zero attached hydrogens (tertiary/aromatic N) is 1. The van der Waals surface area contributed by atoms with Crippen molar-refractivity contribution in [2.24, 2.45) is 29.6 Å². The molecule has 4 aliphatic rings. The Hall–Kier alpha value is -2.83. The number of carbonyl (C=O) groups is 2. The molecule has 0 unspecified atom stereocenters. The Balaban J connectivity index is 1.39. The summed E-state index contributed by atoms with van der Waals surface area (Å²) in [4.78, 5) is 30.6. The smallest absolute Gasteiger partial charge is 0.242 e. The van der Waals surface area contributed by atoms with E-state index in [1.165, 1.54) is 0 Å². The second-order valence-corrected chi connectivity index (χ2v) is 12.0. The van der Waals surface area contributed by atoms with Crippen LogP contribution in [0.1, 0.15) is 71.6 Å². The topological polar surface area (TPSA) is 109 Å². The molecule has 2 aliphatic heterocycles. The Kier molecular flexibility index (Phi) is 7.87. The van der Waals surface area contributed by atoms with Gasteiger partial charge in [0.2, 0.25) is 11.8 Å². The normalized spacial score (nSPS) is 33.5. The molecule has 5 atom stereocenters. The number of aromatic nitrogens is 1. The summed E-state index contributed by atoms with van der Waals surface area (Å²) in [5, 5.41) is 12.2. The van der Waals surface area contributed by atoms with Gasteiger partial charge in [-0.3, -0.25) is 9.59 Å². The van der Waals surface area contributed by atoms with Crippen LogP contribution >= 0.6 is 0 Å². The number of pyridine rings is 1. The summed E-state index contributed by atoms with van der Waals surface area (Å²) in [7, 11) is 0. The van der Waals surface area contributed by atoms with E-state index in [0.29, 0.717) is 42.5 Å². The Labute approximate surface area is 220 Å². The number of hydrogen-bond acceptors (Lipinski definition) is 5. The quantitative estimate of drug-likeness (QED) is 0.466. The van der Waals surface area contributed by atoms with Crippen molar-refractivity contribution in [3.63, 3.8) is 0 Å². The van der Waals surface area contributed by atoms with Gasteiger partial charge in [0.25, 0.3) is 0 Å². The summed E-state index contributed by atoms with van der Waals surface area (Å²) < 4.78 is 0. The zero-order valence-corrected chi connectivity index (χ0v) is 22.3. The molecule has 7 heteroatoms. The molecule has 0 radical (unpaired) electrons. The van der Waals surface area contributed by atoms with Crippen molar-refractivity contribution in [1.82, 2.24) is 15.6 Å².